The Morgan fingerprint density at radius 3 is 2.69 bits per heavy atom. The molecule has 0 spiro atoms. The molecule has 3 aromatic rings. The van der Waals surface area contributed by atoms with Crippen LogP contribution in [0.25, 0.3) is 17.1 Å². The summed E-state index contributed by atoms with van der Waals surface area (Å²) < 4.78 is 7.30. The van der Waals surface area contributed by atoms with E-state index in [-0.39, 0.29) is 6.42 Å². The van der Waals surface area contributed by atoms with E-state index >= 15 is 0 Å². The summed E-state index contributed by atoms with van der Waals surface area (Å²) in [5, 5.41) is 18.2. The number of carboxylic acid groups (broad SMARTS) is 1. The van der Waals surface area contributed by atoms with Crippen molar-refractivity contribution in [2.75, 3.05) is 12.9 Å². The lowest BCUT2D eigenvalue weighted by Crippen LogP contribution is -2.00. The third-order valence-corrected chi connectivity index (χ3v) is 4.76. The van der Waals surface area contributed by atoms with Crippen LogP contribution in [0.4, 0.5) is 0 Å². The van der Waals surface area contributed by atoms with Gasteiger partial charge >= 0.3 is 5.97 Å². The second-order valence-electron chi connectivity index (χ2n) is 5.55. The van der Waals surface area contributed by atoms with Crippen LogP contribution in [0.1, 0.15) is 12.8 Å². The molecule has 7 heteroatoms. The lowest BCUT2D eigenvalue weighted by atomic mass is 10.2. The first-order valence-electron chi connectivity index (χ1n) is 8.19. The molecule has 0 aliphatic carbocycles. The highest BCUT2D eigenvalue weighted by Crippen LogP contribution is 2.29. The number of rotatable bonds is 8. The fourth-order valence-corrected chi connectivity index (χ4v) is 3.40. The van der Waals surface area contributed by atoms with Gasteiger partial charge in [-0.3, -0.25) is 9.36 Å². The first-order chi connectivity index (χ1) is 12.7. The van der Waals surface area contributed by atoms with Crippen LogP contribution in [0.5, 0.6) is 5.75 Å². The molecular weight excluding hydrogens is 350 g/mol. The van der Waals surface area contributed by atoms with Crippen molar-refractivity contribution in [2.24, 2.45) is 0 Å². The maximum Gasteiger partial charge on any atom is 0.303 e. The summed E-state index contributed by atoms with van der Waals surface area (Å²) >= 11 is 1.50. The van der Waals surface area contributed by atoms with E-state index in [4.69, 9.17) is 9.84 Å². The van der Waals surface area contributed by atoms with E-state index in [1.54, 1.807) is 7.11 Å². The number of methoxy groups -OCH3 is 1. The van der Waals surface area contributed by atoms with Crippen molar-refractivity contribution in [1.82, 2.24) is 14.8 Å². The molecule has 0 aliphatic rings. The molecule has 0 unspecified atom stereocenters. The molecule has 0 atom stereocenters. The number of carbonyl (C=O) groups is 1. The van der Waals surface area contributed by atoms with Gasteiger partial charge in [0.15, 0.2) is 11.0 Å². The number of nitrogens with zero attached hydrogens (tertiary/aromatic N) is 3. The van der Waals surface area contributed by atoms with Crippen LogP contribution in [0.2, 0.25) is 0 Å². The summed E-state index contributed by atoms with van der Waals surface area (Å²) in [5.41, 5.74) is 1.86. The van der Waals surface area contributed by atoms with E-state index in [0.717, 1.165) is 28.0 Å². The fraction of sp³-hybridized carbons (Fsp3) is 0.211. The Morgan fingerprint density at radius 2 is 1.96 bits per heavy atom. The van der Waals surface area contributed by atoms with Crippen molar-refractivity contribution < 1.29 is 14.6 Å². The van der Waals surface area contributed by atoms with Crippen LogP contribution < -0.4 is 4.74 Å². The zero-order valence-electron chi connectivity index (χ0n) is 14.3. The summed E-state index contributed by atoms with van der Waals surface area (Å²) in [6.45, 7) is 0. The summed E-state index contributed by atoms with van der Waals surface area (Å²) in [5.74, 6) is 1.35. The van der Waals surface area contributed by atoms with Crippen LogP contribution >= 0.6 is 11.8 Å². The predicted octanol–water partition coefficient (Wildman–Crippen LogP) is 3.90. The van der Waals surface area contributed by atoms with Gasteiger partial charge in [-0.25, -0.2) is 0 Å². The fourth-order valence-electron chi connectivity index (χ4n) is 2.51. The normalized spacial score (nSPS) is 10.7. The number of aliphatic carboxylic acids is 1. The van der Waals surface area contributed by atoms with Crippen molar-refractivity contribution >= 4 is 17.7 Å². The Bertz CT molecular complexity index is 881. The highest BCUT2D eigenvalue weighted by molar-refractivity contribution is 7.99. The minimum Gasteiger partial charge on any atom is -0.497 e. The molecule has 0 fully saturated rings. The van der Waals surface area contributed by atoms with Crippen molar-refractivity contribution in [3.05, 3.63) is 54.6 Å². The largest absolute Gasteiger partial charge is 0.497 e. The van der Waals surface area contributed by atoms with E-state index in [0.29, 0.717) is 12.2 Å². The molecule has 0 bridgehead atoms. The highest BCUT2D eigenvalue weighted by atomic mass is 32.2. The maximum absolute atomic E-state index is 10.7. The number of benzene rings is 2. The van der Waals surface area contributed by atoms with Gasteiger partial charge in [-0.1, -0.05) is 42.1 Å². The Hall–Kier alpha value is -2.80. The van der Waals surface area contributed by atoms with Gasteiger partial charge in [0.05, 0.1) is 7.11 Å². The zero-order chi connectivity index (χ0) is 18.4. The Labute approximate surface area is 155 Å². The van der Waals surface area contributed by atoms with Crippen LogP contribution in [0, 0.1) is 0 Å². The molecule has 0 radical (unpaired) electrons. The molecule has 1 heterocycles. The lowest BCUT2D eigenvalue weighted by Gasteiger charge is -2.10. The van der Waals surface area contributed by atoms with Gasteiger partial charge in [0.2, 0.25) is 0 Å². The molecule has 6 nitrogen and oxygen atoms in total. The van der Waals surface area contributed by atoms with Gasteiger partial charge in [0, 0.05) is 23.4 Å². The van der Waals surface area contributed by atoms with Crippen molar-refractivity contribution in [3.63, 3.8) is 0 Å². The second-order valence-corrected chi connectivity index (χ2v) is 6.62. The topological polar surface area (TPSA) is 77.2 Å². The van der Waals surface area contributed by atoms with Gasteiger partial charge in [-0.15, -0.1) is 10.2 Å². The third kappa shape index (κ3) is 4.23. The SMILES string of the molecule is COc1cccc(-c2nnc(SCCCC(=O)O)n2-c2ccccc2)c1. The van der Waals surface area contributed by atoms with E-state index in [1.807, 2.05) is 59.2 Å². The molecule has 1 aromatic heterocycles. The Kier molecular flexibility index (Phi) is 5.91. The summed E-state index contributed by atoms with van der Waals surface area (Å²) in [7, 11) is 1.63. The first kappa shape index (κ1) is 18.0. The smallest absolute Gasteiger partial charge is 0.303 e. The van der Waals surface area contributed by atoms with E-state index in [1.165, 1.54) is 11.8 Å². The molecule has 26 heavy (non-hydrogen) atoms. The van der Waals surface area contributed by atoms with Gasteiger partial charge in [-0.05, 0) is 30.7 Å². The van der Waals surface area contributed by atoms with Gasteiger partial charge < -0.3 is 9.84 Å². The van der Waals surface area contributed by atoms with E-state index < -0.39 is 5.97 Å². The number of para-hydroxylation sites is 1. The molecule has 0 saturated carbocycles. The average Bonchev–Trinajstić information content (AvgIpc) is 3.09. The molecule has 134 valence electrons. The van der Waals surface area contributed by atoms with Gasteiger partial charge in [0.1, 0.15) is 5.75 Å². The quantitative estimate of drug-likeness (QED) is 0.479. The highest BCUT2D eigenvalue weighted by Gasteiger charge is 2.16. The number of hydrogen-bond donors (Lipinski definition) is 1. The number of ether oxygens (including phenoxy) is 1. The first-order valence-corrected chi connectivity index (χ1v) is 9.17. The maximum atomic E-state index is 10.7. The Morgan fingerprint density at radius 1 is 1.15 bits per heavy atom. The number of hydrogen-bond acceptors (Lipinski definition) is 5. The van der Waals surface area contributed by atoms with Gasteiger partial charge in [0.25, 0.3) is 0 Å². The number of thioether (sulfide) groups is 1. The predicted molar refractivity (Wildman–Crippen MR) is 101 cm³/mol. The molecule has 0 saturated heterocycles. The van der Waals surface area contributed by atoms with Crippen LogP contribution in [-0.4, -0.2) is 38.7 Å². The molecular formula is C19H19N3O3S. The number of aromatic nitrogens is 3. The van der Waals surface area contributed by atoms with Crippen LogP contribution in [0.3, 0.4) is 0 Å². The van der Waals surface area contributed by atoms with Crippen molar-refractivity contribution in [1.29, 1.82) is 0 Å². The molecule has 1 N–H and O–H groups in total. The van der Waals surface area contributed by atoms with Crippen LogP contribution in [-0.2, 0) is 4.79 Å². The summed E-state index contributed by atoms with van der Waals surface area (Å²) in [6.07, 6.45) is 0.728. The van der Waals surface area contributed by atoms with E-state index in [9.17, 15) is 4.79 Å². The molecule has 0 aliphatic heterocycles. The van der Waals surface area contributed by atoms with Crippen molar-refractivity contribution in [3.8, 4) is 22.8 Å². The summed E-state index contributed by atoms with van der Waals surface area (Å²) in [4.78, 5) is 10.7. The lowest BCUT2D eigenvalue weighted by molar-refractivity contribution is -0.137. The molecule has 3 rings (SSSR count). The minimum atomic E-state index is -0.785. The van der Waals surface area contributed by atoms with E-state index in [2.05, 4.69) is 10.2 Å². The zero-order valence-corrected chi connectivity index (χ0v) is 15.1. The van der Waals surface area contributed by atoms with Crippen LogP contribution in [0.15, 0.2) is 59.8 Å². The minimum absolute atomic E-state index is 0.148. The second kappa shape index (κ2) is 8.53. The Balaban J connectivity index is 1.95. The van der Waals surface area contributed by atoms with Gasteiger partial charge in [-0.2, -0.15) is 0 Å². The average molecular weight is 369 g/mol. The monoisotopic (exact) mass is 369 g/mol. The number of carboxylic acids is 1. The molecule has 0 amide bonds. The third-order valence-electron chi connectivity index (χ3n) is 3.74. The van der Waals surface area contributed by atoms with Crippen molar-refractivity contribution in [2.45, 2.75) is 18.0 Å². The summed E-state index contributed by atoms with van der Waals surface area (Å²) in [6, 6.07) is 17.5. The standard InChI is InChI=1S/C19H19N3O3S/c1-25-16-10-5-7-14(13-16)18-20-21-19(26-12-6-11-17(23)24)22(18)15-8-3-2-4-9-15/h2-5,7-10,13H,6,11-12H2,1H3,(H,23,24). The molecule has 2 aromatic carbocycles.